The first-order valence-corrected chi connectivity index (χ1v) is 4.52. The Labute approximate surface area is 68.5 Å². The summed E-state index contributed by atoms with van der Waals surface area (Å²) in [7, 11) is 4.08. The predicted molar refractivity (Wildman–Crippen MR) is 44.5 cm³/mol. The Hall–Kier alpha value is -0.0800. The number of rotatable bonds is 1. The highest BCUT2D eigenvalue weighted by molar-refractivity contribution is 4.92. The number of piperidine rings is 1. The highest BCUT2D eigenvalue weighted by Crippen LogP contribution is 2.37. The van der Waals surface area contributed by atoms with Crippen molar-refractivity contribution in [3.63, 3.8) is 0 Å². The third-order valence-corrected chi connectivity index (χ3v) is 3.20. The van der Waals surface area contributed by atoms with Gasteiger partial charge in [0.2, 0.25) is 0 Å². The van der Waals surface area contributed by atoms with Gasteiger partial charge in [-0.1, -0.05) is 0 Å². The van der Waals surface area contributed by atoms with Crippen LogP contribution in [0, 0.1) is 11.8 Å². The van der Waals surface area contributed by atoms with Crippen molar-refractivity contribution in [1.29, 1.82) is 0 Å². The highest BCUT2D eigenvalue weighted by atomic mass is 16.5. The average Bonchev–Trinajstić information content (AvgIpc) is 2.23. The van der Waals surface area contributed by atoms with Gasteiger partial charge in [0, 0.05) is 20.2 Å². The van der Waals surface area contributed by atoms with E-state index in [1.807, 2.05) is 7.11 Å². The summed E-state index contributed by atoms with van der Waals surface area (Å²) in [5.74, 6) is 1.65. The first kappa shape index (κ1) is 7.56. The molecule has 1 heterocycles. The Morgan fingerprint density at radius 1 is 1.18 bits per heavy atom. The molecule has 2 fully saturated rings. The van der Waals surface area contributed by atoms with Gasteiger partial charge in [-0.2, -0.15) is 0 Å². The van der Waals surface area contributed by atoms with Crippen LogP contribution in [0.3, 0.4) is 0 Å². The molecule has 1 aliphatic heterocycles. The topological polar surface area (TPSA) is 12.5 Å². The molecule has 1 saturated carbocycles. The molecule has 0 unspecified atom stereocenters. The largest absolute Gasteiger partial charge is 0.381 e. The molecule has 1 aliphatic carbocycles. The van der Waals surface area contributed by atoms with Gasteiger partial charge in [-0.15, -0.1) is 0 Å². The van der Waals surface area contributed by atoms with Crippen LogP contribution in [-0.2, 0) is 4.74 Å². The van der Waals surface area contributed by atoms with Gasteiger partial charge in [-0.3, -0.25) is 0 Å². The van der Waals surface area contributed by atoms with Crippen molar-refractivity contribution < 1.29 is 4.74 Å². The first-order valence-electron chi connectivity index (χ1n) is 4.52. The average molecular weight is 155 g/mol. The Morgan fingerprint density at radius 3 is 2.18 bits per heavy atom. The van der Waals surface area contributed by atoms with Crippen LogP contribution in [0.5, 0.6) is 0 Å². The predicted octanol–water partition coefficient (Wildman–Crippen LogP) is 0.973. The summed E-state index contributed by atoms with van der Waals surface area (Å²) < 4.78 is 5.50. The van der Waals surface area contributed by atoms with Gasteiger partial charge >= 0.3 is 0 Å². The lowest BCUT2D eigenvalue weighted by Gasteiger charge is -2.34. The van der Waals surface area contributed by atoms with Crippen molar-refractivity contribution in [2.75, 3.05) is 27.2 Å². The van der Waals surface area contributed by atoms with Crippen molar-refractivity contribution in [3.8, 4) is 0 Å². The van der Waals surface area contributed by atoms with Gasteiger partial charge in [-0.25, -0.2) is 0 Å². The molecule has 0 aromatic rings. The van der Waals surface area contributed by atoms with E-state index >= 15 is 0 Å². The lowest BCUT2D eigenvalue weighted by Crippen LogP contribution is -2.43. The molecule has 2 rings (SSSR count). The Kier molecular flexibility index (Phi) is 1.90. The maximum absolute atomic E-state index is 5.50. The maximum atomic E-state index is 5.50. The molecule has 0 radical (unpaired) electrons. The van der Waals surface area contributed by atoms with Gasteiger partial charge in [0.05, 0.1) is 6.10 Å². The van der Waals surface area contributed by atoms with Crippen molar-refractivity contribution >= 4 is 0 Å². The van der Waals surface area contributed by atoms with Crippen LogP contribution in [0.1, 0.15) is 12.8 Å². The minimum absolute atomic E-state index is 0.575. The van der Waals surface area contributed by atoms with E-state index < -0.39 is 0 Å². The third-order valence-electron chi connectivity index (χ3n) is 3.20. The third kappa shape index (κ3) is 1.18. The lowest BCUT2D eigenvalue weighted by atomic mass is 9.95. The molecule has 0 amide bonds. The van der Waals surface area contributed by atoms with E-state index in [0.29, 0.717) is 6.10 Å². The fourth-order valence-corrected chi connectivity index (χ4v) is 2.79. The van der Waals surface area contributed by atoms with Crippen molar-refractivity contribution in [3.05, 3.63) is 0 Å². The molecule has 0 aromatic heterocycles. The molecule has 3 atom stereocenters. The van der Waals surface area contributed by atoms with E-state index in [-0.39, 0.29) is 0 Å². The fourth-order valence-electron chi connectivity index (χ4n) is 2.79. The van der Waals surface area contributed by atoms with Gasteiger partial charge in [0.1, 0.15) is 0 Å². The molecule has 2 bridgehead atoms. The fraction of sp³-hybridized carbons (Fsp3) is 1.00. The van der Waals surface area contributed by atoms with E-state index in [1.54, 1.807) is 0 Å². The molecule has 0 N–H and O–H groups in total. The summed E-state index contributed by atoms with van der Waals surface area (Å²) in [6.45, 7) is 2.49. The SMILES string of the molecule is CO[C@H]1[C@@H]2CC[C@H]1CN(C)C2. The van der Waals surface area contributed by atoms with Crippen LogP contribution in [0.25, 0.3) is 0 Å². The Bertz CT molecular complexity index is 134. The lowest BCUT2D eigenvalue weighted by molar-refractivity contribution is -0.00886. The molecular weight excluding hydrogens is 138 g/mol. The first-order chi connectivity index (χ1) is 5.31. The van der Waals surface area contributed by atoms with Crippen molar-refractivity contribution in [2.24, 2.45) is 11.8 Å². The molecule has 1 saturated heterocycles. The van der Waals surface area contributed by atoms with E-state index in [9.17, 15) is 0 Å². The number of hydrogen-bond donors (Lipinski definition) is 0. The quantitative estimate of drug-likeness (QED) is 0.559. The maximum Gasteiger partial charge on any atom is 0.0652 e. The van der Waals surface area contributed by atoms with Crippen LogP contribution in [-0.4, -0.2) is 38.3 Å². The standard InChI is InChI=1S/C9H17NO/c1-10-5-7-3-4-8(6-10)9(7)11-2/h7-9H,3-6H2,1-2H3/t7-,8+,9+. The molecule has 0 spiro atoms. The highest BCUT2D eigenvalue weighted by Gasteiger charge is 2.40. The second kappa shape index (κ2) is 2.76. The van der Waals surface area contributed by atoms with E-state index in [0.717, 1.165) is 11.8 Å². The van der Waals surface area contributed by atoms with Crippen molar-refractivity contribution in [1.82, 2.24) is 4.90 Å². The van der Waals surface area contributed by atoms with E-state index in [4.69, 9.17) is 4.74 Å². The Morgan fingerprint density at radius 2 is 1.73 bits per heavy atom. The molecule has 2 nitrogen and oxygen atoms in total. The minimum Gasteiger partial charge on any atom is -0.381 e. The Balaban J connectivity index is 2.06. The second-order valence-corrected chi connectivity index (χ2v) is 4.02. The summed E-state index contributed by atoms with van der Waals surface area (Å²) in [4.78, 5) is 2.44. The summed E-state index contributed by atoms with van der Waals surface area (Å²) in [6, 6.07) is 0. The van der Waals surface area contributed by atoms with Gasteiger partial charge in [-0.05, 0) is 31.7 Å². The monoisotopic (exact) mass is 155 g/mol. The van der Waals surface area contributed by atoms with E-state index in [1.165, 1.54) is 25.9 Å². The van der Waals surface area contributed by atoms with Crippen LogP contribution in [0.2, 0.25) is 0 Å². The molecule has 0 aromatic carbocycles. The number of fused-ring (bicyclic) bond motifs is 2. The van der Waals surface area contributed by atoms with E-state index in [2.05, 4.69) is 11.9 Å². The molecule has 11 heavy (non-hydrogen) atoms. The molecule has 2 heteroatoms. The number of nitrogens with zero attached hydrogens (tertiary/aromatic N) is 1. The molecule has 2 aliphatic rings. The van der Waals surface area contributed by atoms with Crippen LogP contribution in [0.15, 0.2) is 0 Å². The normalized spacial score (nSPS) is 44.7. The van der Waals surface area contributed by atoms with Crippen LogP contribution in [0.4, 0.5) is 0 Å². The minimum atomic E-state index is 0.575. The smallest absolute Gasteiger partial charge is 0.0652 e. The summed E-state index contributed by atoms with van der Waals surface area (Å²) in [5.41, 5.74) is 0. The molecular formula is C9H17NO. The summed E-state index contributed by atoms with van der Waals surface area (Å²) >= 11 is 0. The van der Waals surface area contributed by atoms with Gasteiger partial charge in [0.25, 0.3) is 0 Å². The zero-order valence-electron chi connectivity index (χ0n) is 7.42. The number of methoxy groups -OCH3 is 1. The number of likely N-dealkylation sites (tertiary alicyclic amines) is 1. The van der Waals surface area contributed by atoms with Gasteiger partial charge in [0.15, 0.2) is 0 Å². The van der Waals surface area contributed by atoms with Gasteiger partial charge < -0.3 is 9.64 Å². The molecule has 64 valence electrons. The zero-order valence-corrected chi connectivity index (χ0v) is 7.42. The van der Waals surface area contributed by atoms with Crippen molar-refractivity contribution in [2.45, 2.75) is 18.9 Å². The second-order valence-electron chi connectivity index (χ2n) is 4.02. The number of ether oxygens (including phenoxy) is 1. The number of hydrogen-bond acceptors (Lipinski definition) is 2. The zero-order chi connectivity index (χ0) is 7.84. The summed E-state index contributed by atoms with van der Waals surface area (Å²) in [5, 5.41) is 0. The van der Waals surface area contributed by atoms with Crippen LogP contribution >= 0.6 is 0 Å². The summed E-state index contributed by atoms with van der Waals surface area (Å²) in [6.07, 6.45) is 3.34. The van der Waals surface area contributed by atoms with Crippen LogP contribution < -0.4 is 0 Å².